The minimum atomic E-state index is -0.294. The normalized spacial score (nSPS) is 12.1. The van der Waals surface area contributed by atoms with Gasteiger partial charge in [-0.2, -0.15) is 0 Å². The minimum absolute atomic E-state index is 0.294. The molecule has 1 atom stereocenters. The van der Waals surface area contributed by atoms with E-state index in [9.17, 15) is 0 Å². The first kappa shape index (κ1) is 15.2. The molecule has 0 aliphatic carbocycles. The van der Waals surface area contributed by atoms with Crippen molar-refractivity contribution in [1.29, 1.82) is 0 Å². The zero-order valence-electron chi connectivity index (χ0n) is 11.6. The molecule has 0 aromatic heterocycles. The van der Waals surface area contributed by atoms with Gasteiger partial charge < -0.3 is 9.47 Å². The van der Waals surface area contributed by atoms with Crippen molar-refractivity contribution in [3.8, 4) is 11.5 Å². The van der Waals surface area contributed by atoms with E-state index in [1.165, 1.54) is 0 Å². The zero-order valence-corrected chi connectivity index (χ0v) is 14.0. The summed E-state index contributed by atoms with van der Waals surface area (Å²) in [6.07, 6.45) is 0. The van der Waals surface area contributed by atoms with E-state index in [-0.39, 0.29) is 5.38 Å². The van der Waals surface area contributed by atoms with Crippen molar-refractivity contribution >= 4 is 27.5 Å². The Morgan fingerprint density at radius 3 is 2.35 bits per heavy atom. The smallest absolute Gasteiger partial charge is 0.123 e. The number of methoxy groups -OCH3 is 2. The summed E-state index contributed by atoms with van der Waals surface area (Å²) in [6.45, 7) is 2.01. The fraction of sp³-hybridized carbons (Fsp3) is 0.250. The van der Waals surface area contributed by atoms with E-state index in [0.717, 1.165) is 32.7 Å². The Morgan fingerprint density at radius 1 is 1.00 bits per heavy atom. The van der Waals surface area contributed by atoms with Gasteiger partial charge in [0.1, 0.15) is 11.5 Å². The molecule has 4 heteroatoms. The second-order valence-corrected chi connectivity index (χ2v) is 5.83. The number of hydrogen-bond acceptors (Lipinski definition) is 2. The van der Waals surface area contributed by atoms with Crippen molar-refractivity contribution < 1.29 is 9.47 Å². The van der Waals surface area contributed by atoms with Crippen LogP contribution in [-0.4, -0.2) is 14.2 Å². The van der Waals surface area contributed by atoms with Crippen LogP contribution in [0, 0.1) is 6.92 Å². The molecule has 2 aromatic rings. The number of halogens is 2. The van der Waals surface area contributed by atoms with Crippen molar-refractivity contribution in [2.75, 3.05) is 14.2 Å². The average Bonchev–Trinajstić information content (AvgIpc) is 2.47. The van der Waals surface area contributed by atoms with E-state index >= 15 is 0 Å². The number of benzene rings is 2. The molecule has 0 N–H and O–H groups in total. The van der Waals surface area contributed by atoms with Gasteiger partial charge >= 0.3 is 0 Å². The van der Waals surface area contributed by atoms with Crippen molar-refractivity contribution in [1.82, 2.24) is 0 Å². The first-order valence-corrected chi connectivity index (χ1v) is 7.41. The molecule has 0 radical (unpaired) electrons. The van der Waals surface area contributed by atoms with Crippen molar-refractivity contribution in [3.63, 3.8) is 0 Å². The SMILES string of the molecule is COc1cc(C(Cl)c2cc(Br)ccc2OC)ccc1C. The third-order valence-electron chi connectivity index (χ3n) is 3.19. The molecule has 0 saturated carbocycles. The molecule has 2 aromatic carbocycles. The molecule has 0 heterocycles. The summed E-state index contributed by atoms with van der Waals surface area (Å²) in [5.41, 5.74) is 2.99. The highest BCUT2D eigenvalue weighted by molar-refractivity contribution is 9.10. The summed E-state index contributed by atoms with van der Waals surface area (Å²) < 4.78 is 11.7. The summed E-state index contributed by atoms with van der Waals surface area (Å²) >= 11 is 10.1. The second-order valence-electron chi connectivity index (χ2n) is 4.48. The summed E-state index contributed by atoms with van der Waals surface area (Å²) in [5, 5.41) is -0.294. The highest BCUT2D eigenvalue weighted by atomic mass is 79.9. The van der Waals surface area contributed by atoms with Crippen LogP contribution in [0.3, 0.4) is 0 Å². The standard InChI is InChI=1S/C16H16BrClO2/c1-10-4-5-11(8-15(10)20-3)16(18)13-9-12(17)6-7-14(13)19-2/h4-9,16H,1-3H3. The average molecular weight is 356 g/mol. The quantitative estimate of drug-likeness (QED) is 0.710. The first-order valence-electron chi connectivity index (χ1n) is 6.19. The molecule has 1 unspecified atom stereocenters. The Morgan fingerprint density at radius 2 is 1.70 bits per heavy atom. The van der Waals surface area contributed by atoms with Crippen LogP contribution in [0.25, 0.3) is 0 Å². The van der Waals surface area contributed by atoms with E-state index in [0.29, 0.717) is 0 Å². The summed E-state index contributed by atoms with van der Waals surface area (Å²) in [6, 6.07) is 11.8. The summed E-state index contributed by atoms with van der Waals surface area (Å²) in [7, 11) is 3.31. The molecule has 0 aliphatic rings. The fourth-order valence-corrected chi connectivity index (χ4v) is 2.76. The van der Waals surface area contributed by atoms with E-state index in [2.05, 4.69) is 15.9 Å². The lowest BCUT2D eigenvalue weighted by Gasteiger charge is -2.16. The summed E-state index contributed by atoms with van der Waals surface area (Å²) in [4.78, 5) is 0. The van der Waals surface area contributed by atoms with Gasteiger partial charge in [-0.15, -0.1) is 11.6 Å². The van der Waals surface area contributed by atoms with Gasteiger partial charge in [0, 0.05) is 10.0 Å². The Hall–Kier alpha value is -1.19. The van der Waals surface area contributed by atoms with E-state index in [4.69, 9.17) is 21.1 Å². The zero-order chi connectivity index (χ0) is 14.7. The molecule has 0 bridgehead atoms. The van der Waals surface area contributed by atoms with E-state index in [1.54, 1.807) is 14.2 Å². The van der Waals surface area contributed by atoms with Gasteiger partial charge in [0.2, 0.25) is 0 Å². The maximum absolute atomic E-state index is 6.61. The van der Waals surface area contributed by atoms with Crippen molar-refractivity contribution in [3.05, 3.63) is 57.6 Å². The van der Waals surface area contributed by atoms with Crippen LogP contribution >= 0.6 is 27.5 Å². The number of alkyl halides is 1. The highest BCUT2D eigenvalue weighted by Crippen LogP contribution is 2.38. The number of hydrogen-bond donors (Lipinski definition) is 0. The largest absolute Gasteiger partial charge is 0.496 e. The maximum atomic E-state index is 6.61. The molecule has 2 rings (SSSR count). The lowest BCUT2D eigenvalue weighted by Crippen LogP contribution is -1.99. The van der Waals surface area contributed by atoms with Gasteiger partial charge in [0.25, 0.3) is 0 Å². The van der Waals surface area contributed by atoms with Gasteiger partial charge in [-0.3, -0.25) is 0 Å². The van der Waals surface area contributed by atoms with Gasteiger partial charge in [0.05, 0.1) is 19.6 Å². The van der Waals surface area contributed by atoms with Crippen molar-refractivity contribution in [2.45, 2.75) is 12.3 Å². The summed E-state index contributed by atoms with van der Waals surface area (Å²) in [5.74, 6) is 1.61. The van der Waals surface area contributed by atoms with Crippen LogP contribution < -0.4 is 9.47 Å². The third-order valence-corrected chi connectivity index (χ3v) is 4.17. The Kier molecular flexibility index (Phi) is 4.95. The van der Waals surface area contributed by atoms with E-state index < -0.39 is 0 Å². The lowest BCUT2D eigenvalue weighted by molar-refractivity contribution is 0.408. The predicted octanol–water partition coefficient (Wildman–Crippen LogP) is 5.10. The monoisotopic (exact) mass is 354 g/mol. The lowest BCUT2D eigenvalue weighted by atomic mass is 10.0. The van der Waals surface area contributed by atoms with Crippen LogP contribution in [0.4, 0.5) is 0 Å². The highest BCUT2D eigenvalue weighted by Gasteiger charge is 2.17. The maximum Gasteiger partial charge on any atom is 0.123 e. The van der Waals surface area contributed by atoms with E-state index in [1.807, 2.05) is 43.3 Å². The van der Waals surface area contributed by atoms with Crippen LogP contribution in [0.5, 0.6) is 11.5 Å². The third kappa shape index (κ3) is 3.10. The van der Waals surface area contributed by atoms with Crippen LogP contribution in [0.1, 0.15) is 22.1 Å². The number of ether oxygens (including phenoxy) is 2. The molecule has 0 amide bonds. The molecule has 20 heavy (non-hydrogen) atoms. The Labute approximate surface area is 132 Å². The molecule has 0 spiro atoms. The molecule has 0 fully saturated rings. The van der Waals surface area contributed by atoms with Gasteiger partial charge in [-0.25, -0.2) is 0 Å². The Balaban J connectivity index is 2.45. The van der Waals surface area contributed by atoms with Crippen LogP contribution in [0.15, 0.2) is 40.9 Å². The van der Waals surface area contributed by atoms with Crippen LogP contribution in [-0.2, 0) is 0 Å². The molecule has 0 aliphatic heterocycles. The first-order chi connectivity index (χ1) is 9.56. The molecule has 2 nitrogen and oxygen atoms in total. The van der Waals surface area contributed by atoms with Gasteiger partial charge in [-0.1, -0.05) is 28.1 Å². The van der Waals surface area contributed by atoms with Crippen molar-refractivity contribution in [2.24, 2.45) is 0 Å². The number of rotatable bonds is 4. The van der Waals surface area contributed by atoms with Gasteiger partial charge in [0.15, 0.2) is 0 Å². The van der Waals surface area contributed by atoms with Gasteiger partial charge in [-0.05, 0) is 42.3 Å². The Bertz CT molecular complexity index is 613. The number of aryl methyl sites for hydroxylation is 1. The minimum Gasteiger partial charge on any atom is -0.496 e. The van der Waals surface area contributed by atoms with Crippen LogP contribution in [0.2, 0.25) is 0 Å². The molecule has 106 valence electrons. The topological polar surface area (TPSA) is 18.5 Å². The second kappa shape index (κ2) is 6.51. The molecular formula is C16H16BrClO2. The molecule has 0 saturated heterocycles. The fourth-order valence-electron chi connectivity index (χ4n) is 2.08. The molecular weight excluding hydrogens is 340 g/mol. The predicted molar refractivity (Wildman–Crippen MR) is 86.1 cm³/mol.